The molecule has 2 aromatic rings. The number of Topliss-reactive ketones (excluding diaryl/α,β-unsaturated/α-hetero) is 1. The average molecular weight is 227 g/mol. The normalized spacial score (nSPS) is 18.4. The average Bonchev–Trinajstić information content (AvgIpc) is 2.87. The number of hydrogen-bond donors (Lipinski definition) is 0. The zero-order valence-electron chi connectivity index (χ0n) is 9.63. The summed E-state index contributed by atoms with van der Waals surface area (Å²) in [6.45, 7) is 0. The van der Waals surface area contributed by atoms with Gasteiger partial charge in [-0.3, -0.25) is 9.48 Å². The van der Waals surface area contributed by atoms with Gasteiger partial charge in [0.05, 0.1) is 0 Å². The van der Waals surface area contributed by atoms with Gasteiger partial charge in [-0.25, -0.2) is 4.98 Å². The smallest absolute Gasteiger partial charge is 0.167 e. The van der Waals surface area contributed by atoms with Gasteiger partial charge < -0.3 is 0 Å². The Bertz CT molecular complexity index is 574. The first-order valence-corrected chi connectivity index (χ1v) is 5.70. The summed E-state index contributed by atoms with van der Waals surface area (Å²) in [5.41, 5.74) is 2.03. The van der Waals surface area contributed by atoms with Gasteiger partial charge >= 0.3 is 0 Å². The van der Waals surface area contributed by atoms with E-state index >= 15 is 0 Å². The van der Waals surface area contributed by atoms with Crippen LogP contribution in [0.15, 0.2) is 30.6 Å². The Morgan fingerprint density at radius 2 is 2.24 bits per heavy atom. The maximum atomic E-state index is 12.2. The summed E-state index contributed by atoms with van der Waals surface area (Å²) in [4.78, 5) is 16.4. The molecule has 4 heteroatoms. The number of nitrogens with zero attached hydrogens (tertiary/aromatic N) is 3. The summed E-state index contributed by atoms with van der Waals surface area (Å²) in [5.74, 6) is 1.13. The molecule has 1 aromatic heterocycles. The zero-order valence-corrected chi connectivity index (χ0v) is 9.63. The lowest BCUT2D eigenvalue weighted by Gasteiger charge is -2.06. The Balaban J connectivity index is 1.85. The summed E-state index contributed by atoms with van der Waals surface area (Å²) >= 11 is 0. The van der Waals surface area contributed by atoms with E-state index < -0.39 is 0 Å². The largest absolute Gasteiger partial charge is 0.294 e. The Morgan fingerprint density at radius 1 is 1.41 bits per heavy atom. The zero-order chi connectivity index (χ0) is 11.8. The van der Waals surface area contributed by atoms with E-state index in [1.807, 2.05) is 31.3 Å². The van der Waals surface area contributed by atoms with E-state index in [0.717, 1.165) is 23.4 Å². The number of fused-ring (bicyclic) bond motifs is 1. The quantitative estimate of drug-likeness (QED) is 0.779. The van der Waals surface area contributed by atoms with Crippen LogP contribution in [0.1, 0.15) is 21.7 Å². The van der Waals surface area contributed by atoms with Crippen molar-refractivity contribution in [2.45, 2.75) is 12.8 Å². The van der Waals surface area contributed by atoms with Crippen LogP contribution < -0.4 is 0 Å². The maximum Gasteiger partial charge on any atom is 0.167 e. The van der Waals surface area contributed by atoms with Gasteiger partial charge in [0.25, 0.3) is 0 Å². The van der Waals surface area contributed by atoms with E-state index in [4.69, 9.17) is 0 Å². The lowest BCUT2D eigenvalue weighted by molar-refractivity contribution is 0.0934. The number of carbonyl (C=O) groups excluding carboxylic acids is 1. The third-order valence-electron chi connectivity index (χ3n) is 3.35. The van der Waals surface area contributed by atoms with Crippen molar-refractivity contribution in [2.24, 2.45) is 13.0 Å². The van der Waals surface area contributed by atoms with Gasteiger partial charge in [-0.05, 0) is 12.0 Å². The van der Waals surface area contributed by atoms with Gasteiger partial charge in [0.1, 0.15) is 12.2 Å². The highest BCUT2D eigenvalue weighted by molar-refractivity contribution is 6.02. The Hall–Kier alpha value is -1.97. The van der Waals surface area contributed by atoms with Crippen LogP contribution in [0.4, 0.5) is 0 Å². The molecule has 4 nitrogen and oxygen atoms in total. The van der Waals surface area contributed by atoms with Crippen molar-refractivity contribution in [3.8, 4) is 0 Å². The molecule has 0 saturated carbocycles. The van der Waals surface area contributed by atoms with E-state index in [0.29, 0.717) is 6.42 Å². The second-order valence-electron chi connectivity index (χ2n) is 4.43. The highest BCUT2D eigenvalue weighted by atomic mass is 16.1. The van der Waals surface area contributed by atoms with Crippen LogP contribution in [-0.2, 0) is 19.9 Å². The SMILES string of the molecule is Cn1ncnc1CC1Cc2ccccc2C1=O. The molecule has 17 heavy (non-hydrogen) atoms. The topological polar surface area (TPSA) is 47.8 Å². The van der Waals surface area contributed by atoms with Crippen molar-refractivity contribution in [1.29, 1.82) is 0 Å². The van der Waals surface area contributed by atoms with Crippen LogP contribution >= 0.6 is 0 Å². The standard InChI is InChI=1S/C13H13N3O/c1-16-12(14-8-15-16)7-10-6-9-4-2-3-5-11(9)13(10)17/h2-5,8,10H,6-7H2,1H3. The van der Waals surface area contributed by atoms with Crippen molar-refractivity contribution in [1.82, 2.24) is 14.8 Å². The molecule has 1 aliphatic rings. The molecule has 0 radical (unpaired) electrons. The maximum absolute atomic E-state index is 12.2. The molecule has 0 amide bonds. The molecular formula is C13H13N3O. The monoisotopic (exact) mass is 227 g/mol. The minimum absolute atomic E-state index is 0.0234. The fourth-order valence-electron chi connectivity index (χ4n) is 2.41. The molecule has 0 N–H and O–H groups in total. The van der Waals surface area contributed by atoms with Gasteiger partial charge in [-0.1, -0.05) is 24.3 Å². The summed E-state index contributed by atoms with van der Waals surface area (Å²) in [7, 11) is 1.86. The van der Waals surface area contributed by atoms with E-state index in [1.165, 1.54) is 6.33 Å². The molecular weight excluding hydrogens is 214 g/mol. The molecule has 0 spiro atoms. The summed E-state index contributed by atoms with van der Waals surface area (Å²) in [6, 6.07) is 7.84. The van der Waals surface area contributed by atoms with Crippen LogP contribution in [0, 0.1) is 5.92 Å². The molecule has 86 valence electrons. The minimum Gasteiger partial charge on any atom is -0.294 e. The van der Waals surface area contributed by atoms with Gasteiger partial charge in [0.2, 0.25) is 0 Å². The first-order valence-electron chi connectivity index (χ1n) is 5.70. The third-order valence-corrected chi connectivity index (χ3v) is 3.35. The number of aryl methyl sites for hydroxylation is 1. The number of benzene rings is 1. The number of hydrogen-bond acceptors (Lipinski definition) is 3. The molecule has 1 aliphatic carbocycles. The fourth-order valence-corrected chi connectivity index (χ4v) is 2.41. The molecule has 1 aromatic carbocycles. The van der Waals surface area contributed by atoms with Crippen molar-refractivity contribution in [2.75, 3.05) is 0 Å². The van der Waals surface area contributed by atoms with Gasteiger partial charge in [-0.2, -0.15) is 5.10 Å². The highest BCUT2D eigenvalue weighted by Crippen LogP contribution is 2.28. The molecule has 0 bridgehead atoms. The third kappa shape index (κ3) is 1.65. The van der Waals surface area contributed by atoms with E-state index in [1.54, 1.807) is 4.68 Å². The summed E-state index contributed by atoms with van der Waals surface area (Å²) in [5, 5.41) is 4.03. The lowest BCUT2D eigenvalue weighted by Crippen LogP contribution is -2.15. The number of carbonyl (C=O) groups is 1. The van der Waals surface area contributed by atoms with Crippen molar-refractivity contribution in [3.05, 3.63) is 47.5 Å². The highest BCUT2D eigenvalue weighted by Gasteiger charge is 2.30. The number of rotatable bonds is 2. The molecule has 1 unspecified atom stereocenters. The first-order chi connectivity index (χ1) is 8.25. The fraction of sp³-hybridized carbons (Fsp3) is 0.308. The Labute approximate surface area is 99.3 Å². The number of ketones is 1. The predicted octanol–water partition coefficient (Wildman–Crippen LogP) is 1.41. The second kappa shape index (κ2) is 3.80. The van der Waals surface area contributed by atoms with Crippen molar-refractivity contribution >= 4 is 5.78 Å². The predicted molar refractivity (Wildman–Crippen MR) is 62.7 cm³/mol. The van der Waals surface area contributed by atoms with E-state index in [2.05, 4.69) is 10.1 Å². The van der Waals surface area contributed by atoms with Gasteiger partial charge in [0, 0.05) is 24.9 Å². The number of aromatic nitrogens is 3. The summed E-state index contributed by atoms with van der Waals surface area (Å²) < 4.78 is 1.73. The van der Waals surface area contributed by atoms with E-state index in [-0.39, 0.29) is 11.7 Å². The van der Waals surface area contributed by atoms with Crippen LogP contribution in [0.2, 0.25) is 0 Å². The second-order valence-corrected chi connectivity index (χ2v) is 4.43. The van der Waals surface area contributed by atoms with Crippen molar-refractivity contribution < 1.29 is 4.79 Å². The molecule has 0 fully saturated rings. The first kappa shape index (κ1) is 10.2. The minimum atomic E-state index is 0.0234. The van der Waals surface area contributed by atoms with Crippen LogP contribution in [0.5, 0.6) is 0 Å². The van der Waals surface area contributed by atoms with Gasteiger partial charge in [-0.15, -0.1) is 0 Å². The molecule has 1 heterocycles. The molecule has 3 rings (SSSR count). The Kier molecular flexibility index (Phi) is 2.28. The molecule has 0 saturated heterocycles. The van der Waals surface area contributed by atoms with E-state index in [9.17, 15) is 4.79 Å². The van der Waals surface area contributed by atoms with Crippen molar-refractivity contribution in [3.63, 3.8) is 0 Å². The summed E-state index contributed by atoms with van der Waals surface area (Å²) in [6.07, 6.45) is 3.02. The molecule has 0 aliphatic heterocycles. The molecule has 1 atom stereocenters. The Morgan fingerprint density at radius 3 is 2.94 bits per heavy atom. The van der Waals surface area contributed by atoms with Crippen LogP contribution in [-0.4, -0.2) is 20.5 Å². The van der Waals surface area contributed by atoms with Crippen LogP contribution in [0.25, 0.3) is 0 Å². The van der Waals surface area contributed by atoms with Gasteiger partial charge in [0.15, 0.2) is 5.78 Å². The lowest BCUT2D eigenvalue weighted by atomic mass is 10.0. The van der Waals surface area contributed by atoms with Crippen LogP contribution in [0.3, 0.4) is 0 Å².